The molecule has 1 saturated carbocycles. The average molecular weight is 496 g/mol. The van der Waals surface area contributed by atoms with Crippen LogP contribution < -0.4 is 16.4 Å². The molecule has 37 heavy (non-hydrogen) atoms. The zero-order chi connectivity index (χ0) is 28.8. The first-order chi connectivity index (χ1) is 16.5. The summed E-state index contributed by atoms with van der Waals surface area (Å²) in [5, 5.41) is 5.66. The number of nitrogens with one attached hydrogen (secondary N) is 2. The molecule has 1 aliphatic rings. The van der Waals surface area contributed by atoms with E-state index in [1.165, 1.54) is 0 Å². The molecule has 0 aliphatic heterocycles. The van der Waals surface area contributed by atoms with Gasteiger partial charge in [-0.2, -0.15) is 0 Å². The molecule has 2 rings (SSSR count). The molecule has 0 aromatic heterocycles. The van der Waals surface area contributed by atoms with E-state index in [-0.39, 0.29) is 51.0 Å². The molecule has 4 N–H and O–H groups in total. The lowest BCUT2D eigenvalue weighted by molar-refractivity contribution is -0.124. The minimum Gasteiger partial charge on any atom is -0.391 e. The lowest BCUT2D eigenvalue weighted by atomic mass is 9.11. The third kappa shape index (κ3) is 6.07. The molecule has 2 amide bonds. The second kappa shape index (κ2) is 10.2. The van der Waals surface area contributed by atoms with Crippen LogP contribution in [0.3, 0.4) is 0 Å². The van der Waals surface area contributed by atoms with Crippen molar-refractivity contribution in [2.45, 2.75) is 67.1 Å². The first-order valence-corrected chi connectivity index (χ1v) is 13.6. The average Bonchev–Trinajstić information content (AvgIpc) is 2.75. The monoisotopic (exact) mass is 497 g/mol. The highest BCUT2D eigenvalue weighted by Crippen LogP contribution is 2.61. The Bertz CT molecular complexity index is 1000. The Kier molecular flexibility index (Phi) is 8.78. The number of nitrogens with two attached hydrogens (primary N) is 1. The number of rotatable bonds is 11. The lowest BCUT2D eigenvalue weighted by Crippen LogP contribution is -2.63. The molecule has 1 aliphatic carbocycles. The van der Waals surface area contributed by atoms with Gasteiger partial charge in [0, 0.05) is 17.3 Å². The number of hydrogen-bond acceptors (Lipinski definition) is 4. The van der Waals surface area contributed by atoms with E-state index in [0.29, 0.717) is 5.56 Å². The molecular weight excluding hydrogens is 452 g/mol. The van der Waals surface area contributed by atoms with Crippen molar-refractivity contribution >= 4 is 88.1 Å². The van der Waals surface area contributed by atoms with E-state index >= 15 is 0 Å². The highest BCUT2D eigenvalue weighted by atomic mass is 16.5. The van der Waals surface area contributed by atoms with Crippen molar-refractivity contribution in [1.29, 1.82) is 0 Å². The van der Waals surface area contributed by atoms with Gasteiger partial charge in [0.2, 0.25) is 5.91 Å². The fourth-order valence-electron chi connectivity index (χ4n) is 6.59. The highest BCUT2D eigenvalue weighted by Gasteiger charge is 2.55. The topological polar surface area (TPSA) is 93.4 Å². The molecule has 6 nitrogen and oxygen atoms in total. The predicted molar refractivity (Wildman–Crippen MR) is 180 cm³/mol. The third-order valence-corrected chi connectivity index (χ3v) is 10.6. The first-order valence-electron chi connectivity index (χ1n) is 13.6. The minimum atomic E-state index is -0.582. The zero-order valence-corrected chi connectivity index (χ0v) is 25.7. The summed E-state index contributed by atoms with van der Waals surface area (Å²) < 4.78 is 6.00. The van der Waals surface area contributed by atoms with Gasteiger partial charge < -0.3 is 21.1 Å². The Morgan fingerprint density at radius 3 is 1.89 bits per heavy atom. The minimum absolute atomic E-state index is 0.0214. The largest absolute Gasteiger partial charge is 0.391 e. The molecule has 0 radical (unpaired) electrons. The summed E-state index contributed by atoms with van der Waals surface area (Å²) in [6.45, 7) is 8.76. The van der Waals surface area contributed by atoms with Gasteiger partial charge in [0.05, 0.1) is 47.1 Å². The standard InChI is InChI=1S/C22H44B9N3O3/c1-17(2)10-18(3,4)15(17)34-14(36)11-5-7-12(8-6-11)33-16(23)19(24,25)20(26,27)21(28,29)22(30,31)37-9-13(32)35/h5-8,15-16,33H,9-10,23-31H2,1-4H3,(H2,32,35)(H,34,36). The van der Waals surface area contributed by atoms with Crippen molar-refractivity contribution in [3.8, 4) is 0 Å². The van der Waals surface area contributed by atoms with E-state index in [2.05, 4.69) is 93.3 Å². The summed E-state index contributed by atoms with van der Waals surface area (Å²) in [7, 11) is 19.7. The van der Waals surface area contributed by atoms with E-state index in [0.717, 1.165) is 12.1 Å². The summed E-state index contributed by atoms with van der Waals surface area (Å²) in [6, 6.07) is 7.92. The van der Waals surface area contributed by atoms with Gasteiger partial charge >= 0.3 is 0 Å². The SMILES string of the molecule is BC(Nc1ccc(C(=O)NC2C(C)(C)CC2(C)C)cc1)C(B)(B)C(B)(B)C(B)(B)C(B)(B)OCC(N)=O. The normalized spacial score (nSPS) is 18.8. The van der Waals surface area contributed by atoms with Crippen LogP contribution in [0, 0.1) is 10.8 Å². The van der Waals surface area contributed by atoms with Crippen molar-refractivity contribution in [3.05, 3.63) is 29.8 Å². The van der Waals surface area contributed by atoms with Crippen LogP contribution in [-0.2, 0) is 9.53 Å². The van der Waals surface area contributed by atoms with Gasteiger partial charge in [-0.25, -0.2) is 0 Å². The van der Waals surface area contributed by atoms with E-state index in [9.17, 15) is 9.59 Å². The van der Waals surface area contributed by atoms with Gasteiger partial charge in [-0.15, -0.1) is 0 Å². The molecule has 0 heterocycles. The van der Waals surface area contributed by atoms with Crippen LogP contribution in [-0.4, -0.2) is 106 Å². The van der Waals surface area contributed by atoms with Crippen molar-refractivity contribution in [2.75, 3.05) is 11.9 Å². The molecular formula is C22H44B9N3O3. The molecule has 1 atom stereocenters. The fraction of sp³-hybridized carbons (Fsp3) is 0.636. The molecule has 1 aromatic carbocycles. The highest BCUT2D eigenvalue weighted by molar-refractivity contribution is 6.66. The molecule has 0 saturated heterocycles. The van der Waals surface area contributed by atoms with E-state index in [1.54, 1.807) is 0 Å². The van der Waals surface area contributed by atoms with Crippen molar-refractivity contribution in [2.24, 2.45) is 16.6 Å². The maximum Gasteiger partial charge on any atom is 0.251 e. The van der Waals surface area contributed by atoms with Crippen LogP contribution in [0.1, 0.15) is 44.5 Å². The van der Waals surface area contributed by atoms with Crippen LogP contribution in [0.5, 0.6) is 0 Å². The summed E-state index contributed by atoms with van der Waals surface area (Å²) in [5.41, 5.74) is 7.23. The van der Waals surface area contributed by atoms with Gasteiger partial charge in [0.25, 0.3) is 5.91 Å². The predicted octanol–water partition coefficient (Wildman–Crippen LogP) is -5.82. The van der Waals surface area contributed by atoms with E-state index < -0.39 is 11.3 Å². The number of amides is 2. The van der Waals surface area contributed by atoms with Crippen LogP contribution in [0.4, 0.5) is 5.69 Å². The maximum atomic E-state index is 13.0. The number of anilines is 1. The number of benzene rings is 1. The smallest absolute Gasteiger partial charge is 0.251 e. The van der Waals surface area contributed by atoms with E-state index in [1.807, 2.05) is 40.0 Å². The number of carbonyl (C=O) groups is 2. The number of primary amides is 1. The van der Waals surface area contributed by atoms with Crippen LogP contribution in [0.25, 0.3) is 0 Å². The third-order valence-electron chi connectivity index (χ3n) is 10.6. The van der Waals surface area contributed by atoms with Crippen LogP contribution >= 0.6 is 0 Å². The lowest BCUT2D eigenvalue weighted by Gasteiger charge is -2.62. The van der Waals surface area contributed by atoms with E-state index in [4.69, 9.17) is 10.5 Å². The molecule has 15 heteroatoms. The number of carbonyl (C=O) groups excluding carboxylic acids is 2. The Hall–Kier alpha value is -1.50. The maximum absolute atomic E-state index is 13.0. The van der Waals surface area contributed by atoms with Crippen LogP contribution in [0.2, 0.25) is 15.6 Å². The molecule has 1 aromatic rings. The molecule has 192 valence electrons. The first kappa shape index (κ1) is 31.7. The molecule has 1 fully saturated rings. The van der Waals surface area contributed by atoms with Crippen LogP contribution in [0.15, 0.2) is 24.3 Å². The second-order valence-corrected chi connectivity index (χ2v) is 14.7. The summed E-state index contributed by atoms with van der Waals surface area (Å²) in [6.07, 6.45) is 1.10. The summed E-state index contributed by atoms with van der Waals surface area (Å²) in [4.78, 5) is 24.4. The fourth-order valence-corrected chi connectivity index (χ4v) is 6.59. The Labute approximate surface area is 233 Å². The zero-order valence-electron chi connectivity index (χ0n) is 25.7. The Morgan fingerprint density at radius 2 is 1.46 bits per heavy atom. The van der Waals surface area contributed by atoms with Gasteiger partial charge in [-0.1, -0.05) is 43.3 Å². The Morgan fingerprint density at radius 1 is 0.973 bits per heavy atom. The van der Waals surface area contributed by atoms with Crippen molar-refractivity contribution in [1.82, 2.24) is 5.32 Å². The quantitative estimate of drug-likeness (QED) is 0.267. The number of ether oxygens (including phenoxy) is 1. The Balaban J connectivity index is 2.15. The second-order valence-electron chi connectivity index (χ2n) is 14.7. The van der Waals surface area contributed by atoms with Gasteiger partial charge in [-0.05, 0) is 52.9 Å². The van der Waals surface area contributed by atoms with Gasteiger partial charge in [-0.3, -0.25) is 9.59 Å². The molecule has 1 unspecified atom stereocenters. The summed E-state index contributed by atoms with van der Waals surface area (Å²) in [5.74, 6) is -0.384. The van der Waals surface area contributed by atoms with Crippen molar-refractivity contribution < 1.29 is 14.3 Å². The van der Waals surface area contributed by atoms with Gasteiger partial charge in [0.1, 0.15) is 30.1 Å². The molecule has 0 spiro atoms. The summed E-state index contributed by atoms with van der Waals surface area (Å²) >= 11 is 0. The van der Waals surface area contributed by atoms with Crippen molar-refractivity contribution in [3.63, 3.8) is 0 Å². The molecule has 0 bridgehead atoms. The van der Waals surface area contributed by atoms with Gasteiger partial charge in [0.15, 0.2) is 0 Å². The number of hydrogen-bond donors (Lipinski definition) is 3.